The van der Waals surface area contributed by atoms with Crippen molar-refractivity contribution in [2.45, 2.75) is 57.7 Å². The van der Waals surface area contributed by atoms with Crippen LogP contribution in [0.25, 0.3) is 22.3 Å². The van der Waals surface area contributed by atoms with Crippen LogP contribution in [0.5, 0.6) is 0 Å². The molecule has 0 spiro atoms. The Morgan fingerprint density at radius 3 is 2.22 bits per heavy atom. The molecule has 4 rings (SSSR count). The van der Waals surface area contributed by atoms with Gasteiger partial charge in [0, 0.05) is 17.9 Å². The van der Waals surface area contributed by atoms with E-state index in [0.717, 1.165) is 37.7 Å². The van der Waals surface area contributed by atoms with Crippen LogP contribution in [0.15, 0.2) is 67.3 Å². The smallest absolute Gasteiger partial charge is 0.166 e. The third-order valence-electron chi connectivity index (χ3n) is 6.75. The summed E-state index contributed by atoms with van der Waals surface area (Å²) >= 11 is 0. The van der Waals surface area contributed by atoms with Crippen LogP contribution in [0.4, 0.5) is 13.2 Å². The molecule has 3 aromatic rings. The molecule has 0 saturated carbocycles. The van der Waals surface area contributed by atoms with Crippen LogP contribution in [0, 0.1) is 17.5 Å². The first-order valence-corrected chi connectivity index (χ1v) is 12.7. The summed E-state index contributed by atoms with van der Waals surface area (Å²) in [5, 5.41) is 0. The molecule has 0 aliphatic carbocycles. The van der Waals surface area contributed by atoms with E-state index < -0.39 is 11.6 Å². The molecule has 1 heterocycles. The highest BCUT2D eigenvalue weighted by Crippen LogP contribution is 2.32. The summed E-state index contributed by atoms with van der Waals surface area (Å²) in [5.41, 5.74) is 3.29. The molecule has 1 saturated heterocycles. The Hall–Kier alpha value is -2.89. The first-order valence-electron chi connectivity index (χ1n) is 12.7. The van der Waals surface area contributed by atoms with Crippen LogP contribution >= 0.6 is 0 Å². The number of rotatable bonds is 10. The SMILES string of the molecule is C=CCCC1OCC(c2ccc(-c3ccc(-c4ccc(CCCCC)c(F)c4F)cc3)cc2F)CO1. The zero-order chi connectivity index (χ0) is 25.5. The molecular formula is C31H33F3O2. The third-order valence-corrected chi connectivity index (χ3v) is 6.75. The lowest BCUT2D eigenvalue weighted by Gasteiger charge is -2.29. The van der Waals surface area contributed by atoms with Crippen molar-refractivity contribution in [1.29, 1.82) is 0 Å². The lowest BCUT2D eigenvalue weighted by molar-refractivity contribution is -0.189. The number of hydrogen-bond donors (Lipinski definition) is 0. The maximum absolute atomic E-state index is 15.0. The molecule has 3 aromatic carbocycles. The van der Waals surface area contributed by atoms with Crippen LogP contribution in [-0.4, -0.2) is 19.5 Å². The summed E-state index contributed by atoms with van der Waals surface area (Å²) in [4.78, 5) is 0. The highest BCUT2D eigenvalue weighted by molar-refractivity contribution is 5.71. The maximum Gasteiger partial charge on any atom is 0.166 e. The van der Waals surface area contributed by atoms with Crippen molar-refractivity contribution >= 4 is 0 Å². The monoisotopic (exact) mass is 494 g/mol. The lowest BCUT2D eigenvalue weighted by Crippen LogP contribution is -2.31. The Bertz CT molecular complexity index is 1170. The molecule has 1 aliphatic rings. The van der Waals surface area contributed by atoms with Crippen molar-refractivity contribution in [3.05, 3.63) is 95.8 Å². The summed E-state index contributed by atoms with van der Waals surface area (Å²) in [6, 6.07) is 15.5. The van der Waals surface area contributed by atoms with Crippen molar-refractivity contribution in [2.75, 3.05) is 13.2 Å². The Morgan fingerprint density at radius 2 is 1.56 bits per heavy atom. The van der Waals surface area contributed by atoms with Gasteiger partial charge in [0.1, 0.15) is 5.82 Å². The van der Waals surface area contributed by atoms with E-state index in [0.29, 0.717) is 41.9 Å². The van der Waals surface area contributed by atoms with Crippen LogP contribution in [0.2, 0.25) is 0 Å². The van der Waals surface area contributed by atoms with Crippen LogP contribution in [-0.2, 0) is 15.9 Å². The number of allylic oxidation sites excluding steroid dienone is 1. The molecular weight excluding hydrogens is 461 g/mol. The average Bonchev–Trinajstić information content (AvgIpc) is 2.90. The average molecular weight is 495 g/mol. The maximum atomic E-state index is 15.0. The van der Waals surface area contributed by atoms with E-state index in [2.05, 4.69) is 13.5 Å². The highest BCUT2D eigenvalue weighted by atomic mass is 19.2. The summed E-state index contributed by atoms with van der Waals surface area (Å²) in [7, 11) is 0. The minimum atomic E-state index is -0.823. The van der Waals surface area contributed by atoms with Gasteiger partial charge in [0.25, 0.3) is 0 Å². The van der Waals surface area contributed by atoms with Gasteiger partial charge < -0.3 is 9.47 Å². The zero-order valence-electron chi connectivity index (χ0n) is 20.7. The molecule has 0 radical (unpaired) electrons. The van der Waals surface area contributed by atoms with Gasteiger partial charge in [0.2, 0.25) is 0 Å². The Kier molecular flexibility index (Phi) is 9.00. The van der Waals surface area contributed by atoms with Gasteiger partial charge in [-0.2, -0.15) is 0 Å². The summed E-state index contributed by atoms with van der Waals surface area (Å²) in [6.45, 7) is 6.60. The van der Waals surface area contributed by atoms with Gasteiger partial charge >= 0.3 is 0 Å². The van der Waals surface area contributed by atoms with Crippen molar-refractivity contribution in [2.24, 2.45) is 0 Å². The molecule has 0 bridgehead atoms. The van der Waals surface area contributed by atoms with Crippen molar-refractivity contribution < 1.29 is 22.6 Å². The molecule has 0 aromatic heterocycles. The van der Waals surface area contributed by atoms with E-state index >= 15 is 0 Å². The summed E-state index contributed by atoms with van der Waals surface area (Å²) < 4.78 is 55.8. The second-order valence-electron chi connectivity index (χ2n) is 9.33. The standard InChI is InChI=1S/C31H33F3O2/c1-3-5-7-8-23-14-17-27(31(34)30(23)33)22-12-10-21(11-13-22)24-15-16-26(28(32)18-24)25-19-35-29(36-20-25)9-6-4-2/h4,10-18,25,29H,2-3,5-9,19-20H2,1H3. The fourth-order valence-corrected chi connectivity index (χ4v) is 4.59. The molecule has 0 unspecified atom stereocenters. The van der Waals surface area contributed by atoms with Gasteiger partial charge in [-0.05, 0) is 53.1 Å². The quantitative estimate of drug-likeness (QED) is 0.208. The Balaban J connectivity index is 1.45. The molecule has 2 nitrogen and oxygen atoms in total. The number of hydrogen-bond acceptors (Lipinski definition) is 2. The summed E-state index contributed by atoms with van der Waals surface area (Å²) in [6.07, 6.45) is 6.50. The molecule has 190 valence electrons. The van der Waals surface area contributed by atoms with E-state index in [9.17, 15) is 13.2 Å². The van der Waals surface area contributed by atoms with E-state index in [1.165, 1.54) is 6.07 Å². The van der Waals surface area contributed by atoms with E-state index in [-0.39, 0.29) is 23.6 Å². The molecule has 36 heavy (non-hydrogen) atoms. The van der Waals surface area contributed by atoms with Crippen molar-refractivity contribution in [3.8, 4) is 22.3 Å². The zero-order valence-corrected chi connectivity index (χ0v) is 20.7. The predicted octanol–water partition coefficient (Wildman–Crippen LogP) is 8.59. The first kappa shape index (κ1) is 26.2. The molecule has 1 fully saturated rings. The second kappa shape index (κ2) is 12.4. The summed E-state index contributed by atoms with van der Waals surface area (Å²) in [5.74, 6) is -2.07. The predicted molar refractivity (Wildman–Crippen MR) is 138 cm³/mol. The van der Waals surface area contributed by atoms with Gasteiger partial charge in [-0.3, -0.25) is 0 Å². The number of ether oxygens (including phenoxy) is 2. The minimum absolute atomic E-state index is 0.163. The minimum Gasteiger partial charge on any atom is -0.352 e. The fraction of sp³-hybridized carbons (Fsp3) is 0.355. The van der Waals surface area contributed by atoms with Crippen molar-refractivity contribution in [3.63, 3.8) is 0 Å². The van der Waals surface area contributed by atoms with E-state index in [1.54, 1.807) is 42.5 Å². The van der Waals surface area contributed by atoms with E-state index in [1.807, 2.05) is 12.1 Å². The molecule has 0 amide bonds. The Labute approximate surface area is 211 Å². The number of aryl methyl sites for hydroxylation is 1. The van der Waals surface area contributed by atoms with Gasteiger partial charge in [-0.25, -0.2) is 13.2 Å². The topological polar surface area (TPSA) is 18.5 Å². The Morgan fingerprint density at radius 1 is 0.861 bits per heavy atom. The first-order chi connectivity index (χ1) is 17.5. The number of unbranched alkanes of at least 4 members (excludes halogenated alkanes) is 2. The second-order valence-corrected chi connectivity index (χ2v) is 9.33. The third kappa shape index (κ3) is 6.08. The normalized spacial score (nSPS) is 17.8. The van der Waals surface area contributed by atoms with E-state index in [4.69, 9.17) is 9.47 Å². The van der Waals surface area contributed by atoms with Gasteiger partial charge in [0.05, 0.1) is 13.2 Å². The fourth-order valence-electron chi connectivity index (χ4n) is 4.59. The van der Waals surface area contributed by atoms with Crippen LogP contribution in [0.3, 0.4) is 0 Å². The van der Waals surface area contributed by atoms with Gasteiger partial charge in [-0.1, -0.05) is 74.4 Å². The largest absolute Gasteiger partial charge is 0.352 e. The van der Waals surface area contributed by atoms with Crippen LogP contribution < -0.4 is 0 Å². The number of halogens is 3. The molecule has 1 aliphatic heterocycles. The van der Waals surface area contributed by atoms with Gasteiger partial charge in [0.15, 0.2) is 17.9 Å². The molecule has 0 N–H and O–H groups in total. The van der Waals surface area contributed by atoms with Gasteiger partial charge in [-0.15, -0.1) is 6.58 Å². The molecule has 5 heteroatoms. The highest BCUT2D eigenvalue weighted by Gasteiger charge is 2.25. The molecule has 0 atom stereocenters. The van der Waals surface area contributed by atoms with Crippen LogP contribution in [0.1, 0.15) is 56.1 Å². The lowest BCUT2D eigenvalue weighted by atomic mass is 9.94. The number of benzene rings is 3. The van der Waals surface area contributed by atoms with Crippen molar-refractivity contribution in [1.82, 2.24) is 0 Å².